The molecular weight excluding hydrogens is 1410 g/mol. The van der Waals surface area contributed by atoms with Crippen LogP contribution in [-0.4, -0.2) is 129 Å². The molecule has 28 heteroatoms. The van der Waals surface area contributed by atoms with Gasteiger partial charge in [0.05, 0.1) is 21.4 Å². The van der Waals surface area contributed by atoms with Crippen LogP contribution in [0.2, 0.25) is 0 Å². The number of thioether (sulfide) groups is 1. The predicted octanol–water partition coefficient (Wildman–Crippen LogP) is 8.35. The quantitative estimate of drug-likeness (QED) is 0.00531. The van der Waals surface area contributed by atoms with Gasteiger partial charge in [0, 0.05) is 181 Å². The van der Waals surface area contributed by atoms with Crippen LogP contribution in [0, 0.1) is 79.9 Å². The fourth-order valence-corrected chi connectivity index (χ4v) is 8.34. The number of aliphatic imine (C=N–C) groups is 1. The molecule has 6 aromatic rings. The second-order valence-corrected chi connectivity index (χ2v) is 21.5. The molecule has 506 valence electrons. The number of anilines is 9. The minimum Gasteiger partial charge on any atom is -0.696 e. The fraction of sp³-hybridized carbons (Fsp3) is 0.344. The van der Waals surface area contributed by atoms with Crippen LogP contribution in [0.5, 0.6) is 0 Å². The number of nitrogens with two attached hydrogens (primary N) is 6. The Morgan fingerprint density at radius 2 is 0.978 bits per heavy atom. The van der Waals surface area contributed by atoms with Crippen LogP contribution in [0.3, 0.4) is 0 Å². The monoisotopic (exact) mass is 1500 g/mol. The van der Waals surface area contributed by atoms with Crippen LogP contribution < -0.4 is 126 Å². The van der Waals surface area contributed by atoms with E-state index in [2.05, 4.69) is 152 Å². The molecular formula is C64H99IKN18NiO4S3-. The maximum Gasteiger partial charge on any atom is 1.00 e. The Labute approximate surface area is 630 Å². The zero-order chi connectivity index (χ0) is 68.7. The van der Waals surface area contributed by atoms with E-state index in [0.29, 0.717) is 35.0 Å². The van der Waals surface area contributed by atoms with Gasteiger partial charge in [-0.1, -0.05) is 70.5 Å². The standard InChI is InChI=1S/C12H18N4.C12H18N2S.C10H15N3S.C9H12N2O2.C9H14N2.C7H8N2O2.C2H8N2.CH3I.CHNS.CH3.K.Ni/c1-9-10(15-12-13-7-8-14-12)5-4-6-11(9)16(2)3;1-9-10(8-12(13)15-4)6-5-7-11(9)14(2)3;1-7-8(12-10(11)14)5-4-6-9(7)13(2)3;1-7-8(10(2)3)5-4-6-9(7)11(12)13;1-7-8(10)5-4-6-9(7)11(2)3;1-5-6(8)3-2-4-7(5)9(10)11;3-1-2-4;1-2;2-1-3;;;/h4-6H,7-8H2,1-3H3,(H2,13,14,15);5-8H,13H2,1-4H3;4-6H,1-3H3,(H3,11,12,14);4-6H,1-3H3;4-6H,10H2,1-3H3;2-4H,8H2,1H3;1-4H2;1H3;3H;1H3;;/q;;;;;;;;;-1;+1;/p-1. The van der Waals surface area contributed by atoms with Crippen molar-refractivity contribution in [2.75, 3.05) is 154 Å². The summed E-state index contributed by atoms with van der Waals surface area (Å²) in [5.74, 6) is 0.874. The summed E-state index contributed by atoms with van der Waals surface area (Å²) in [7, 11) is 20.0. The van der Waals surface area contributed by atoms with E-state index in [1.807, 2.05) is 123 Å². The van der Waals surface area contributed by atoms with Crippen LogP contribution in [0.4, 0.5) is 62.6 Å². The van der Waals surface area contributed by atoms with E-state index in [1.54, 1.807) is 43.8 Å². The summed E-state index contributed by atoms with van der Waals surface area (Å²) < 4.78 is 0. The van der Waals surface area contributed by atoms with Crippen molar-refractivity contribution in [3.8, 4) is 5.40 Å². The molecule has 0 spiro atoms. The summed E-state index contributed by atoms with van der Waals surface area (Å²) in [5, 5.41) is 40.0. The Balaban J connectivity index is -0.000000320. The van der Waals surface area contributed by atoms with Gasteiger partial charge in [-0.25, -0.2) is 5.26 Å². The normalized spacial score (nSPS) is 10.0. The molecule has 0 aromatic heterocycles. The van der Waals surface area contributed by atoms with Gasteiger partial charge in [-0.05, 0) is 153 Å². The third-order valence-electron chi connectivity index (χ3n) is 12.6. The number of halogens is 1. The minimum atomic E-state index is -0.439. The molecule has 0 bridgehead atoms. The van der Waals surface area contributed by atoms with Crippen molar-refractivity contribution < 1.29 is 77.7 Å². The van der Waals surface area contributed by atoms with Gasteiger partial charge in [-0.2, -0.15) is 0 Å². The number of nitro benzene ring substituents is 2. The number of rotatable bonds is 12. The number of nitrogens with one attached hydrogen (secondary N) is 3. The second-order valence-electron chi connectivity index (χ2n) is 20.0. The molecule has 0 unspecified atom stereocenters. The molecule has 7 rings (SSSR count). The maximum atomic E-state index is 10.6. The molecule has 0 aliphatic carbocycles. The molecule has 1 aliphatic rings. The summed E-state index contributed by atoms with van der Waals surface area (Å²) in [4.78, 5) is 36.6. The van der Waals surface area contributed by atoms with Gasteiger partial charge >= 0.3 is 51.4 Å². The van der Waals surface area contributed by atoms with Crippen molar-refractivity contribution in [2.45, 2.75) is 41.5 Å². The first kappa shape index (κ1) is 94.8. The van der Waals surface area contributed by atoms with Crippen LogP contribution in [0.1, 0.15) is 38.9 Å². The average molecular weight is 1510 g/mol. The summed E-state index contributed by atoms with van der Waals surface area (Å²) in [5.41, 5.74) is 48.8. The van der Waals surface area contributed by atoms with Crippen LogP contribution in [-0.2, 0) is 29.1 Å². The van der Waals surface area contributed by atoms with Gasteiger partial charge in [0.2, 0.25) is 0 Å². The van der Waals surface area contributed by atoms with Crippen LogP contribution in [0.15, 0.2) is 119 Å². The van der Waals surface area contributed by atoms with Crippen molar-refractivity contribution >= 4 is 139 Å². The minimum absolute atomic E-state index is 0. The molecule has 0 saturated carbocycles. The van der Waals surface area contributed by atoms with Crippen LogP contribution >= 0.6 is 46.6 Å². The largest absolute Gasteiger partial charge is 1.00 e. The number of thiocarbonyl (C=S) groups is 1. The van der Waals surface area contributed by atoms with Gasteiger partial charge in [-0.3, -0.25) is 25.2 Å². The number of benzene rings is 6. The fourth-order valence-electron chi connectivity index (χ4n) is 7.98. The van der Waals surface area contributed by atoms with Gasteiger partial charge < -0.3 is 94.9 Å². The van der Waals surface area contributed by atoms with Gasteiger partial charge in [0.1, 0.15) is 0 Å². The van der Waals surface area contributed by atoms with Gasteiger partial charge in [-0.15, -0.1) is 11.8 Å². The predicted molar refractivity (Wildman–Crippen MR) is 408 cm³/mol. The van der Waals surface area contributed by atoms with E-state index >= 15 is 0 Å². The summed E-state index contributed by atoms with van der Waals surface area (Å²) in [6.07, 6.45) is 4.00. The maximum absolute atomic E-state index is 10.6. The van der Waals surface area contributed by atoms with Crippen molar-refractivity contribution in [3.05, 3.63) is 181 Å². The number of thiocyanates is 1. The number of nitrogens with zero attached hydrogens (tertiary/aromatic N) is 9. The Hall–Kier alpha value is -5.94. The number of nitro groups is 2. The molecule has 6 aromatic carbocycles. The Morgan fingerprint density at radius 3 is 1.34 bits per heavy atom. The molecule has 0 radical (unpaired) electrons. The van der Waals surface area contributed by atoms with E-state index in [0.717, 1.165) is 63.6 Å². The topological polar surface area (TPSA) is 331 Å². The molecule has 0 fully saturated rings. The molecule has 0 amide bonds. The van der Waals surface area contributed by atoms with Crippen molar-refractivity contribution in [1.29, 1.82) is 5.26 Å². The average Bonchev–Trinajstić information content (AvgIpc) is 1.44. The Morgan fingerprint density at radius 1 is 0.641 bits per heavy atom. The third kappa shape index (κ3) is 35.4. The molecule has 22 nitrogen and oxygen atoms in total. The van der Waals surface area contributed by atoms with Crippen molar-refractivity contribution in [3.63, 3.8) is 0 Å². The van der Waals surface area contributed by atoms with E-state index < -0.39 is 4.92 Å². The SMILES string of the molecule is CI.CSC(N)=Cc1cccc(N(C)C)c1C.Cc1c(N(C)C)cccc1[N+](=O)[O-].Cc1c(N)cccc1N(C)C.Cc1c(N)cccc1[N+](=O)[O-].Cc1c(NC(N)=S)cccc1N(C)C.Cc1c(NC2=NCCN2)cccc1N(C)C.N#C[S-].NCCN.[CH3-].[K+].[Ni]. The van der Waals surface area contributed by atoms with E-state index in [1.165, 1.54) is 51.3 Å². The molecule has 15 N–H and O–H groups in total. The summed E-state index contributed by atoms with van der Waals surface area (Å²) in [6, 6.07) is 34.2. The molecule has 0 saturated heterocycles. The summed E-state index contributed by atoms with van der Waals surface area (Å²) in [6.45, 7) is 14.7. The number of hydrogen-bond acceptors (Lipinski definition) is 21. The molecule has 0 atom stereocenters. The number of guanidine groups is 1. The van der Waals surface area contributed by atoms with Crippen molar-refractivity contribution in [1.82, 2.24) is 5.32 Å². The van der Waals surface area contributed by atoms with E-state index in [-0.39, 0.29) is 91.6 Å². The zero-order valence-corrected chi connectivity index (χ0v) is 66.1. The molecule has 92 heavy (non-hydrogen) atoms. The molecule has 1 aliphatic heterocycles. The number of alkyl halides is 1. The Bertz CT molecular complexity index is 3240. The first-order valence-electron chi connectivity index (χ1n) is 27.5. The number of nitrogen functional groups attached to an aromatic ring is 2. The first-order valence-corrected chi connectivity index (χ1v) is 31.7. The van der Waals surface area contributed by atoms with Gasteiger partial charge in [0.25, 0.3) is 11.4 Å². The summed E-state index contributed by atoms with van der Waals surface area (Å²) >= 11 is 12.2. The van der Waals surface area contributed by atoms with E-state index in [9.17, 15) is 20.2 Å². The second kappa shape index (κ2) is 52.4. The first-order chi connectivity index (χ1) is 41.9. The smallest absolute Gasteiger partial charge is 0.696 e. The Kier molecular flexibility index (Phi) is 54.0. The van der Waals surface area contributed by atoms with Crippen LogP contribution in [0.25, 0.3) is 6.08 Å². The molecule has 1 heterocycles. The zero-order valence-electron chi connectivity index (χ0n) is 57.3. The van der Waals surface area contributed by atoms with E-state index in [4.69, 9.17) is 51.9 Å². The third-order valence-corrected chi connectivity index (χ3v) is 13.3. The van der Waals surface area contributed by atoms with Gasteiger partial charge in [0.15, 0.2) is 11.1 Å². The number of hydrogen-bond donors (Lipinski definition) is 9. The van der Waals surface area contributed by atoms with Crippen molar-refractivity contribution in [2.24, 2.45) is 27.9 Å². The number of nitriles is 1.